The van der Waals surface area contributed by atoms with Crippen LogP contribution in [0.4, 0.5) is 0 Å². The molecule has 2 heteroatoms. The van der Waals surface area contributed by atoms with E-state index in [-0.39, 0.29) is 11.3 Å². The summed E-state index contributed by atoms with van der Waals surface area (Å²) in [6, 6.07) is 0.312. The van der Waals surface area contributed by atoms with Gasteiger partial charge in [0.2, 0.25) is 5.91 Å². The normalized spacial score (nSPS) is 13.4. The summed E-state index contributed by atoms with van der Waals surface area (Å²) in [4.78, 5) is 11.8. The minimum Gasteiger partial charge on any atom is -0.353 e. The first-order valence-electron chi connectivity index (χ1n) is 7.69. The van der Waals surface area contributed by atoms with Gasteiger partial charge in [-0.05, 0) is 13.3 Å². The van der Waals surface area contributed by atoms with E-state index in [2.05, 4.69) is 19.2 Å². The molecule has 2 nitrogen and oxygen atoms in total. The first kappa shape index (κ1) is 17.5. The Bertz CT molecular complexity index is 218. The highest BCUT2D eigenvalue weighted by Gasteiger charge is 2.22. The third kappa shape index (κ3) is 9.49. The molecule has 1 N–H and O–H groups in total. The summed E-state index contributed by atoms with van der Waals surface area (Å²) in [5.74, 6) is 0.165. The number of nitrogens with one attached hydrogen (secondary N) is 1. The maximum Gasteiger partial charge on any atom is 0.225 e. The number of carbonyl (C=O) groups excluding carboxylic acids is 1. The van der Waals surface area contributed by atoms with E-state index in [1.807, 2.05) is 20.8 Å². The largest absolute Gasteiger partial charge is 0.353 e. The Labute approximate surface area is 114 Å². The maximum absolute atomic E-state index is 11.8. The number of hydrogen-bond acceptors (Lipinski definition) is 1. The van der Waals surface area contributed by atoms with Crippen molar-refractivity contribution in [1.29, 1.82) is 0 Å². The van der Waals surface area contributed by atoms with Gasteiger partial charge in [0.05, 0.1) is 0 Å². The average molecular weight is 255 g/mol. The fourth-order valence-electron chi connectivity index (χ4n) is 1.92. The predicted octanol–water partition coefficient (Wildman–Crippen LogP) is 4.68. The van der Waals surface area contributed by atoms with Gasteiger partial charge in [-0.25, -0.2) is 0 Å². The summed E-state index contributed by atoms with van der Waals surface area (Å²) in [6.07, 6.45) is 10.4. The van der Waals surface area contributed by atoms with Crippen molar-refractivity contribution in [2.24, 2.45) is 5.41 Å². The van der Waals surface area contributed by atoms with E-state index in [4.69, 9.17) is 0 Å². The van der Waals surface area contributed by atoms with Crippen LogP contribution in [0.15, 0.2) is 0 Å². The maximum atomic E-state index is 11.8. The lowest BCUT2D eigenvalue weighted by Gasteiger charge is -2.21. The summed E-state index contributed by atoms with van der Waals surface area (Å²) in [7, 11) is 0. The number of rotatable bonds is 9. The molecule has 0 saturated carbocycles. The van der Waals surface area contributed by atoms with Crippen molar-refractivity contribution in [2.45, 2.75) is 92.0 Å². The molecule has 0 saturated heterocycles. The standard InChI is InChI=1S/C16H33NO/c1-6-7-8-9-10-11-12-13-14(2)17-15(18)16(3,4)5/h14H,6-13H2,1-5H3,(H,17,18). The van der Waals surface area contributed by atoms with E-state index in [1.54, 1.807) is 0 Å². The Balaban J connectivity index is 3.48. The highest BCUT2D eigenvalue weighted by molar-refractivity contribution is 5.81. The fourth-order valence-corrected chi connectivity index (χ4v) is 1.92. The molecular weight excluding hydrogens is 222 g/mol. The molecule has 0 rings (SSSR count). The summed E-state index contributed by atoms with van der Waals surface area (Å²) in [5.41, 5.74) is -0.269. The van der Waals surface area contributed by atoms with Crippen LogP contribution in [0.25, 0.3) is 0 Å². The van der Waals surface area contributed by atoms with E-state index >= 15 is 0 Å². The SMILES string of the molecule is CCCCCCCCCC(C)NC(=O)C(C)(C)C. The molecule has 1 unspecified atom stereocenters. The van der Waals surface area contributed by atoms with Crippen molar-refractivity contribution in [1.82, 2.24) is 5.32 Å². The van der Waals surface area contributed by atoms with Gasteiger partial charge in [-0.2, -0.15) is 0 Å². The van der Waals surface area contributed by atoms with Crippen molar-refractivity contribution >= 4 is 5.91 Å². The number of amides is 1. The van der Waals surface area contributed by atoms with Gasteiger partial charge < -0.3 is 5.32 Å². The van der Waals surface area contributed by atoms with E-state index in [0.717, 1.165) is 6.42 Å². The van der Waals surface area contributed by atoms with E-state index in [0.29, 0.717) is 6.04 Å². The topological polar surface area (TPSA) is 29.1 Å². The molecule has 0 aromatic carbocycles. The molecule has 0 heterocycles. The molecule has 0 bridgehead atoms. The first-order chi connectivity index (χ1) is 8.38. The predicted molar refractivity (Wildman–Crippen MR) is 79.7 cm³/mol. The molecule has 0 aliphatic rings. The zero-order chi connectivity index (χ0) is 14.0. The molecule has 0 aromatic heterocycles. The summed E-state index contributed by atoms with van der Waals surface area (Å²) in [6.45, 7) is 10.2. The molecule has 0 radical (unpaired) electrons. The van der Waals surface area contributed by atoms with E-state index in [1.165, 1.54) is 44.9 Å². The van der Waals surface area contributed by atoms with Gasteiger partial charge in [0.25, 0.3) is 0 Å². The van der Waals surface area contributed by atoms with Crippen LogP contribution in [0, 0.1) is 5.41 Å². The smallest absolute Gasteiger partial charge is 0.225 e. The molecule has 0 spiro atoms. The molecule has 108 valence electrons. The third-order valence-electron chi connectivity index (χ3n) is 3.30. The van der Waals surface area contributed by atoms with Crippen molar-refractivity contribution in [3.63, 3.8) is 0 Å². The zero-order valence-corrected chi connectivity index (χ0v) is 13.1. The molecule has 0 aliphatic carbocycles. The molecule has 0 fully saturated rings. The van der Waals surface area contributed by atoms with Crippen molar-refractivity contribution in [3.05, 3.63) is 0 Å². The minimum atomic E-state index is -0.269. The van der Waals surface area contributed by atoms with Crippen LogP contribution in [-0.2, 0) is 4.79 Å². The van der Waals surface area contributed by atoms with Gasteiger partial charge in [-0.15, -0.1) is 0 Å². The molecule has 1 atom stereocenters. The second kappa shape index (κ2) is 9.41. The van der Waals surface area contributed by atoms with Crippen molar-refractivity contribution < 1.29 is 4.79 Å². The second-order valence-corrected chi connectivity index (χ2v) is 6.53. The first-order valence-corrected chi connectivity index (χ1v) is 7.69. The second-order valence-electron chi connectivity index (χ2n) is 6.53. The van der Waals surface area contributed by atoms with Crippen molar-refractivity contribution in [2.75, 3.05) is 0 Å². The average Bonchev–Trinajstić information content (AvgIpc) is 2.26. The van der Waals surface area contributed by atoms with Gasteiger partial charge in [0.1, 0.15) is 0 Å². The van der Waals surface area contributed by atoms with Crippen LogP contribution in [0.2, 0.25) is 0 Å². The fraction of sp³-hybridized carbons (Fsp3) is 0.938. The van der Waals surface area contributed by atoms with Gasteiger partial charge in [-0.1, -0.05) is 72.6 Å². The van der Waals surface area contributed by atoms with Crippen LogP contribution in [0.5, 0.6) is 0 Å². The van der Waals surface area contributed by atoms with Gasteiger partial charge in [0, 0.05) is 11.5 Å². The third-order valence-corrected chi connectivity index (χ3v) is 3.30. The van der Waals surface area contributed by atoms with Crippen molar-refractivity contribution in [3.8, 4) is 0 Å². The highest BCUT2D eigenvalue weighted by Crippen LogP contribution is 2.14. The van der Waals surface area contributed by atoms with Crippen LogP contribution in [-0.4, -0.2) is 11.9 Å². The Morgan fingerprint density at radius 1 is 1.00 bits per heavy atom. The monoisotopic (exact) mass is 255 g/mol. The van der Waals surface area contributed by atoms with Crippen LogP contribution < -0.4 is 5.32 Å². The Morgan fingerprint density at radius 2 is 1.50 bits per heavy atom. The number of unbranched alkanes of at least 4 members (excludes halogenated alkanes) is 6. The molecular formula is C16H33NO. The minimum absolute atomic E-state index is 0.165. The molecule has 0 aromatic rings. The summed E-state index contributed by atoms with van der Waals surface area (Å²) < 4.78 is 0. The van der Waals surface area contributed by atoms with Crippen LogP contribution >= 0.6 is 0 Å². The lowest BCUT2D eigenvalue weighted by atomic mass is 9.95. The Morgan fingerprint density at radius 3 is 2.00 bits per heavy atom. The molecule has 0 aliphatic heterocycles. The molecule has 18 heavy (non-hydrogen) atoms. The van der Waals surface area contributed by atoms with Gasteiger partial charge in [-0.3, -0.25) is 4.79 Å². The van der Waals surface area contributed by atoms with E-state index in [9.17, 15) is 4.79 Å². The van der Waals surface area contributed by atoms with Crippen LogP contribution in [0.3, 0.4) is 0 Å². The number of hydrogen-bond donors (Lipinski definition) is 1. The lowest BCUT2D eigenvalue weighted by molar-refractivity contribution is -0.129. The quantitative estimate of drug-likeness (QED) is 0.596. The van der Waals surface area contributed by atoms with Gasteiger partial charge in [0.15, 0.2) is 0 Å². The van der Waals surface area contributed by atoms with Gasteiger partial charge >= 0.3 is 0 Å². The highest BCUT2D eigenvalue weighted by atomic mass is 16.2. The molecule has 1 amide bonds. The number of carbonyl (C=O) groups is 1. The van der Waals surface area contributed by atoms with E-state index < -0.39 is 0 Å². The lowest BCUT2D eigenvalue weighted by Crippen LogP contribution is -2.40. The summed E-state index contributed by atoms with van der Waals surface area (Å²) in [5, 5.41) is 3.09. The van der Waals surface area contributed by atoms with Crippen LogP contribution in [0.1, 0.15) is 86.0 Å². The zero-order valence-electron chi connectivity index (χ0n) is 13.1. The Kier molecular flexibility index (Phi) is 9.13. The Hall–Kier alpha value is -0.530. The summed E-state index contributed by atoms with van der Waals surface area (Å²) >= 11 is 0.